The molecule has 0 amide bonds. The quantitative estimate of drug-likeness (QED) is 0.708. The summed E-state index contributed by atoms with van der Waals surface area (Å²) in [5.41, 5.74) is 7.94. The fourth-order valence-electron chi connectivity index (χ4n) is 1.95. The van der Waals surface area contributed by atoms with Crippen molar-refractivity contribution in [2.24, 2.45) is 0 Å². The van der Waals surface area contributed by atoms with Gasteiger partial charge in [-0.05, 0) is 30.5 Å². The number of hydrogen-bond acceptors (Lipinski definition) is 3. The molecule has 2 rings (SSSR count). The molecule has 0 atom stereocenters. The molecule has 0 aliphatic heterocycles. The lowest BCUT2D eigenvalue weighted by molar-refractivity contribution is 0.431. The minimum absolute atomic E-state index is 0.0420. The number of aromatic hydroxyl groups is 1. The first-order chi connectivity index (χ1) is 8.43. The average molecular weight is 247 g/mol. The molecule has 0 radical (unpaired) electrons. The van der Waals surface area contributed by atoms with Crippen LogP contribution in [0.15, 0.2) is 23.0 Å². The normalized spacial score (nSPS) is 11.1. The highest BCUT2D eigenvalue weighted by molar-refractivity contribution is 5.57. The molecule has 4 N–H and O–H groups in total. The predicted octanol–water partition coefficient (Wildman–Crippen LogP) is 1.89. The van der Waals surface area contributed by atoms with Crippen molar-refractivity contribution in [2.45, 2.75) is 26.7 Å². The average Bonchev–Trinajstić information content (AvgIpc) is 2.59. The van der Waals surface area contributed by atoms with Gasteiger partial charge in [0.15, 0.2) is 0 Å². The summed E-state index contributed by atoms with van der Waals surface area (Å²) in [5, 5.41) is 10.1. The number of rotatable bonds is 2. The Hall–Kier alpha value is -2.17. The minimum Gasteiger partial charge on any atom is -0.493 e. The Kier molecular flexibility index (Phi) is 2.90. The topological polar surface area (TPSA) is 84.0 Å². The lowest BCUT2D eigenvalue weighted by Crippen LogP contribution is -2.16. The van der Waals surface area contributed by atoms with E-state index >= 15 is 0 Å². The zero-order valence-corrected chi connectivity index (χ0v) is 10.7. The number of benzene rings is 1. The number of anilines is 1. The Balaban J connectivity index is 2.72. The third-order valence-corrected chi connectivity index (χ3v) is 3.06. The molecule has 5 nitrogen and oxygen atoms in total. The van der Waals surface area contributed by atoms with Crippen LogP contribution in [0.1, 0.15) is 31.0 Å². The van der Waals surface area contributed by atoms with Crippen molar-refractivity contribution in [3.8, 4) is 11.6 Å². The van der Waals surface area contributed by atoms with Crippen LogP contribution in [0.5, 0.6) is 5.88 Å². The van der Waals surface area contributed by atoms with Crippen molar-refractivity contribution < 1.29 is 5.11 Å². The van der Waals surface area contributed by atoms with E-state index in [4.69, 9.17) is 5.73 Å². The maximum absolute atomic E-state index is 11.9. The summed E-state index contributed by atoms with van der Waals surface area (Å²) in [5.74, 6) is -0.0102. The van der Waals surface area contributed by atoms with Gasteiger partial charge in [0.05, 0.1) is 11.4 Å². The van der Waals surface area contributed by atoms with Gasteiger partial charge in [0.2, 0.25) is 5.88 Å². The third-order valence-electron chi connectivity index (χ3n) is 3.06. The summed E-state index contributed by atoms with van der Waals surface area (Å²) in [4.78, 5) is 14.6. The largest absolute Gasteiger partial charge is 0.493 e. The molecule has 1 heterocycles. The number of hydrogen-bond donors (Lipinski definition) is 3. The van der Waals surface area contributed by atoms with Crippen LogP contribution in [0.3, 0.4) is 0 Å². The Labute approximate surface area is 105 Å². The highest BCUT2D eigenvalue weighted by atomic mass is 16.3. The maximum atomic E-state index is 11.9. The van der Waals surface area contributed by atoms with Gasteiger partial charge < -0.3 is 15.8 Å². The van der Waals surface area contributed by atoms with Crippen LogP contribution in [0.25, 0.3) is 5.69 Å². The summed E-state index contributed by atoms with van der Waals surface area (Å²) in [6.45, 7) is 5.63. The molecule has 0 unspecified atom stereocenters. The highest BCUT2D eigenvalue weighted by Crippen LogP contribution is 2.27. The van der Waals surface area contributed by atoms with Crippen molar-refractivity contribution in [2.75, 3.05) is 5.73 Å². The molecule has 1 aromatic carbocycles. The zero-order valence-electron chi connectivity index (χ0n) is 10.7. The SMILES string of the molecule is Cc1c(N)cccc1-n1c(O)c(C(C)C)[nH]c1=O. The number of nitrogen functional groups attached to an aromatic ring is 1. The fraction of sp³-hybridized carbons (Fsp3) is 0.308. The number of H-pyrrole nitrogens is 1. The van der Waals surface area contributed by atoms with Crippen LogP contribution in [-0.4, -0.2) is 14.7 Å². The van der Waals surface area contributed by atoms with Crippen LogP contribution >= 0.6 is 0 Å². The Morgan fingerprint density at radius 1 is 1.39 bits per heavy atom. The first kappa shape index (κ1) is 12.3. The van der Waals surface area contributed by atoms with Gasteiger partial charge in [-0.25, -0.2) is 9.36 Å². The van der Waals surface area contributed by atoms with E-state index in [1.54, 1.807) is 18.2 Å². The number of nitrogens with one attached hydrogen (secondary N) is 1. The molecule has 0 saturated carbocycles. The smallest absolute Gasteiger partial charge is 0.333 e. The van der Waals surface area contributed by atoms with Gasteiger partial charge in [-0.1, -0.05) is 19.9 Å². The van der Waals surface area contributed by atoms with Gasteiger partial charge in [0.25, 0.3) is 0 Å². The lowest BCUT2D eigenvalue weighted by atomic mass is 10.1. The molecule has 0 aliphatic rings. The van der Waals surface area contributed by atoms with E-state index in [-0.39, 0.29) is 17.5 Å². The van der Waals surface area contributed by atoms with E-state index in [9.17, 15) is 9.90 Å². The maximum Gasteiger partial charge on any atom is 0.333 e. The van der Waals surface area contributed by atoms with Crippen molar-refractivity contribution >= 4 is 5.69 Å². The lowest BCUT2D eigenvalue weighted by Gasteiger charge is -2.10. The second-order valence-corrected chi connectivity index (χ2v) is 4.65. The summed E-state index contributed by atoms with van der Waals surface area (Å²) < 4.78 is 1.25. The molecular formula is C13H17N3O2. The number of aromatic amines is 1. The van der Waals surface area contributed by atoms with E-state index in [1.165, 1.54) is 4.57 Å². The van der Waals surface area contributed by atoms with Crippen molar-refractivity contribution in [1.82, 2.24) is 9.55 Å². The Morgan fingerprint density at radius 3 is 2.61 bits per heavy atom. The first-order valence-corrected chi connectivity index (χ1v) is 5.82. The van der Waals surface area contributed by atoms with Crippen LogP contribution in [0.4, 0.5) is 5.69 Å². The molecule has 0 fully saturated rings. The molecule has 18 heavy (non-hydrogen) atoms. The van der Waals surface area contributed by atoms with E-state index in [0.717, 1.165) is 5.56 Å². The first-order valence-electron chi connectivity index (χ1n) is 5.82. The van der Waals surface area contributed by atoms with Crippen LogP contribution < -0.4 is 11.4 Å². The second-order valence-electron chi connectivity index (χ2n) is 4.65. The molecule has 96 valence electrons. The van der Waals surface area contributed by atoms with Gasteiger partial charge in [0, 0.05) is 5.69 Å². The number of aromatic nitrogens is 2. The molecule has 1 aromatic heterocycles. The zero-order chi connectivity index (χ0) is 13.4. The highest BCUT2D eigenvalue weighted by Gasteiger charge is 2.18. The van der Waals surface area contributed by atoms with Gasteiger partial charge in [0.1, 0.15) is 0 Å². The van der Waals surface area contributed by atoms with Crippen LogP contribution in [0, 0.1) is 6.92 Å². The van der Waals surface area contributed by atoms with Gasteiger partial charge in [-0.2, -0.15) is 0 Å². The molecule has 0 saturated heterocycles. The van der Waals surface area contributed by atoms with Crippen LogP contribution in [0.2, 0.25) is 0 Å². The van der Waals surface area contributed by atoms with Gasteiger partial charge >= 0.3 is 5.69 Å². The van der Waals surface area contributed by atoms with E-state index in [2.05, 4.69) is 4.98 Å². The van der Waals surface area contributed by atoms with Crippen molar-refractivity contribution in [3.05, 3.63) is 39.9 Å². The number of imidazole rings is 1. The Morgan fingerprint density at radius 2 is 2.06 bits per heavy atom. The minimum atomic E-state index is -0.357. The van der Waals surface area contributed by atoms with E-state index < -0.39 is 0 Å². The molecule has 0 bridgehead atoms. The number of nitrogens with zero attached hydrogens (tertiary/aromatic N) is 1. The second kappa shape index (κ2) is 4.25. The molecule has 5 heteroatoms. The van der Waals surface area contributed by atoms with E-state index in [0.29, 0.717) is 17.1 Å². The molecular weight excluding hydrogens is 230 g/mol. The molecule has 2 aromatic rings. The monoisotopic (exact) mass is 247 g/mol. The summed E-state index contributed by atoms with van der Waals surface area (Å²) in [6, 6.07) is 5.27. The Bertz CT molecular complexity index is 638. The summed E-state index contributed by atoms with van der Waals surface area (Å²) in [7, 11) is 0. The standard InChI is InChI=1S/C13H17N3O2/c1-7(2)11-12(17)16(13(18)15-11)10-6-4-5-9(14)8(10)3/h4-7,17H,14H2,1-3H3,(H,15,18). The third kappa shape index (κ3) is 1.77. The van der Waals surface area contributed by atoms with Crippen molar-refractivity contribution in [1.29, 1.82) is 0 Å². The van der Waals surface area contributed by atoms with Gasteiger partial charge in [-0.3, -0.25) is 0 Å². The van der Waals surface area contributed by atoms with E-state index in [1.807, 2.05) is 20.8 Å². The summed E-state index contributed by atoms with van der Waals surface area (Å²) in [6.07, 6.45) is 0. The fourth-order valence-corrected chi connectivity index (χ4v) is 1.95. The predicted molar refractivity (Wildman–Crippen MR) is 71.3 cm³/mol. The van der Waals surface area contributed by atoms with Crippen LogP contribution in [-0.2, 0) is 0 Å². The number of nitrogens with two attached hydrogens (primary N) is 1. The van der Waals surface area contributed by atoms with Gasteiger partial charge in [-0.15, -0.1) is 0 Å². The van der Waals surface area contributed by atoms with Crippen molar-refractivity contribution in [3.63, 3.8) is 0 Å². The molecule has 0 spiro atoms. The summed E-state index contributed by atoms with van der Waals surface area (Å²) >= 11 is 0. The molecule has 0 aliphatic carbocycles.